The Kier molecular flexibility index (Phi) is 5.75. The van der Waals surface area contributed by atoms with E-state index in [4.69, 9.17) is 0 Å². The van der Waals surface area contributed by atoms with Crippen molar-refractivity contribution >= 4 is 22.6 Å². The third-order valence-electron chi connectivity index (χ3n) is 4.34. The van der Waals surface area contributed by atoms with Crippen LogP contribution in [-0.4, -0.2) is 19.0 Å². The summed E-state index contributed by atoms with van der Waals surface area (Å²) in [6, 6.07) is 32.2. The Bertz CT molecular complexity index is 998. The molecule has 3 rings (SSSR count). The van der Waals surface area contributed by atoms with Crippen molar-refractivity contribution in [1.29, 1.82) is 10.5 Å². The first-order valence-electron chi connectivity index (χ1n) is 8.88. The highest BCUT2D eigenvalue weighted by Gasteiger charge is 2.14. The Labute approximate surface area is 165 Å². The van der Waals surface area contributed by atoms with Crippen LogP contribution in [0.5, 0.6) is 0 Å². The highest BCUT2D eigenvalue weighted by molar-refractivity contribution is 5.83. The molecule has 0 aliphatic carbocycles. The molecule has 4 nitrogen and oxygen atoms in total. The number of para-hydroxylation sites is 2. The molecule has 0 amide bonds. The molecule has 0 aliphatic heterocycles. The van der Waals surface area contributed by atoms with Gasteiger partial charge in [-0.25, -0.2) is 0 Å². The quantitative estimate of drug-likeness (QED) is 0.563. The lowest BCUT2D eigenvalue weighted by atomic mass is 10.0. The minimum atomic E-state index is 0.346. The third kappa shape index (κ3) is 3.87. The fourth-order valence-electron chi connectivity index (χ4n) is 3.01. The van der Waals surface area contributed by atoms with Gasteiger partial charge in [0, 0.05) is 31.2 Å². The van der Waals surface area contributed by atoms with Crippen LogP contribution in [0.4, 0.5) is 17.1 Å². The average molecular weight is 364 g/mol. The maximum Gasteiger partial charge on any atom is 0.134 e. The Morgan fingerprint density at radius 2 is 1.11 bits per heavy atom. The van der Waals surface area contributed by atoms with Crippen molar-refractivity contribution in [3.63, 3.8) is 0 Å². The van der Waals surface area contributed by atoms with Crippen molar-refractivity contribution in [1.82, 2.24) is 4.90 Å². The zero-order chi connectivity index (χ0) is 19.9. The molecule has 0 atom stereocenters. The van der Waals surface area contributed by atoms with E-state index in [-0.39, 0.29) is 0 Å². The van der Waals surface area contributed by atoms with Gasteiger partial charge in [0.15, 0.2) is 0 Å². The molecule has 4 heteroatoms. The van der Waals surface area contributed by atoms with Gasteiger partial charge in [0.1, 0.15) is 17.8 Å². The summed E-state index contributed by atoms with van der Waals surface area (Å²) in [7, 11) is 3.52. The zero-order valence-electron chi connectivity index (χ0n) is 15.9. The van der Waals surface area contributed by atoms with Gasteiger partial charge >= 0.3 is 0 Å². The molecule has 0 radical (unpaired) electrons. The van der Waals surface area contributed by atoms with Gasteiger partial charge in [-0.15, -0.1) is 0 Å². The smallest absolute Gasteiger partial charge is 0.134 e. The lowest BCUT2D eigenvalue weighted by molar-refractivity contribution is 0.536. The van der Waals surface area contributed by atoms with Crippen LogP contribution in [0.1, 0.15) is 5.56 Å². The van der Waals surface area contributed by atoms with Crippen molar-refractivity contribution in [3.05, 3.63) is 96.2 Å². The molecule has 3 aromatic rings. The van der Waals surface area contributed by atoms with E-state index in [0.717, 1.165) is 22.6 Å². The van der Waals surface area contributed by atoms with Crippen molar-refractivity contribution in [2.24, 2.45) is 0 Å². The summed E-state index contributed by atoms with van der Waals surface area (Å²) in [4.78, 5) is 3.81. The number of rotatable bonds is 5. The number of anilines is 3. The van der Waals surface area contributed by atoms with E-state index in [0.29, 0.717) is 11.3 Å². The van der Waals surface area contributed by atoms with Gasteiger partial charge in [-0.2, -0.15) is 10.5 Å². The first-order valence-corrected chi connectivity index (χ1v) is 8.88. The summed E-state index contributed by atoms with van der Waals surface area (Å²) in [5.41, 5.74) is 4.50. The summed E-state index contributed by atoms with van der Waals surface area (Å²) in [6.45, 7) is 0. The van der Waals surface area contributed by atoms with Crippen molar-refractivity contribution in [3.8, 4) is 12.1 Å². The monoisotopic (exact) mass is 364 g/mol. The topological polar surface area (TPSA) is 54.1 Å². The fraction of sp³-hybridized carbons (Fsp3) is 0.0833. The molecule has 28 heavy (non-hydrogen) atoms. The molecule has 0 bridgehead atoms. The number of nitriles is 2. The predicted octanol–water partition coefficient (Wildman–Crippen LogP) is 5.48. The van der Waals surface area contributed by atoms with Crippen molar-refractivity contribution in [2.45, 2.75) is 0 Å². The largest absolute Gasteiger partial charge is 0.368 e. The van der Waals surface area contributed by atoms with Crippen molar-refractivity contribution < 1.29 is 0 Å². The molecular weight excluding hydrogens is 344 g/mol. The van der Waals surface area contributed by atoms with Crippen LogP contribution in [-0.2, 0) is 0 Å². The van der Waals surface area contributed by atoms with Crippen LogP contribution in [0.2, 0.25) is 0 Å². The lowest BCUT2D eigenvalue weighted by Crippen LogP contribution is -2.12. The molecule has 0 heterocycles. The molecule has 0 aromatic heterocycles. The molecule has 0 aliphatic rings. The van der Waals surface area contributed by atoms with Gasteiger partial charge in [0.25, 0.3) is 0 Å². The van der Waals surface area contributed by atoms with Gasteiger partial charge < -0.3 is 9.80 Å². The number of nitrogens with zero attached hydrogens (tertiary/aromatic N) is 4. The summed E-state index contributed by atoms with van der Waals surface area (Å²) < 4.78 is 0. The first kappa shape index (κ1) is 18.8. The number of hydrogen-bond acceptors (Lipinski definition) is 4. The Balaban J connectivity index is 2.07. The molecule has 0 saturated heterocycles. The summed E-state index contributed by atoms with van der Waals surface area (Å²) in [5, 5.41) is 19.0. The molecule has 3 aromatic carbocycles. The molecule has 0 fully saturated rings. The van der Waals surface area contributed by atoms with Crippen LogP contribution in [0.25, 0.3) is 5.57 Å². The van der Waals surface area contributed by atoms with E-state index in [9.17, 15) is 10.5 Å². The second-order valence-electron chi connectivity index (χ2n) is 6.40. The lowest BCUT2D eigenvalue weighted by Gasteiger charge is -2.25. The van der Waals surface area contributed by atoms with Gasteiger partial charge in [-0.05, 0) is 42.0 Å². The van der Waals surface area contributed by atoms with E-state index in [1.54, 1.807) is 19.0 Å². The molecule has 0 unspecified atom stereocenters. The molecular formula is C24H20N4. The number of hydrogen-bond donors (Lipinski definition) is 0. The molecule has 136 valence electrons. The Morgan fingerprint density at radius 1 is 0.643 bits per heavy atom. The second kappa shape index (κ2) is 8.58. The van der Waals surface area contributed by atoms with Crippen LogP contribution < -0.4 is 4.90 Å². The van der Waals surface area contributed by atoms with Gasteiger partial charge in [-0.1, -0.05) is 48.5 Å². The van der Waals surface area contributed by atoms with E-state index >= 15 is 0 Å². The summed E-state index contributed by atoms with van der Waals surface area (Å²) in [5.74, 6) is 0. The summed E-state index contributed by atoms with van der Waals surface area (Å²) in [6.07, 6.45) is 0. The Morgan fingerprint density at radius 3 is 1.50 bits per heavy atom. The minimum absolute atomic E-state index is 0.346. The number of benzene rings is 3. The standard InChI is InChI=1S/C24H20N4/c1-27(2)24(18-26)23(17-25)19-13-15-22(16-14-19)28(20-9-5-3-6-10-20)21-11-7-4-8-12-21/h3-16H,1-2H3/b24-23-. The van der Waals surface area contributed by atoms with E-state index in [1.165, 1.54) is 0 Å². The van der Waals surface area contributed by atoms with Gasteiger partial charge in [0.2, 0.25) is 0 Å². The van der Waals surface area contributed by atoms with Gasteiger partial charge in [0.05, 0.1) is 5.57 Å². The van der Waals surface area contributed by atoms with E-state index in [1.807, 2.05) is 60.7 Å². The second-order valence-corrected chi connectivity index (χ2v) is 6.40. The van der Waals surface area contributed by atoms with Crippen LogP contribution in [0.3, 0.4) is 0 Å². The van der Waals surface area contributed by atoms with E-state index in [2.05, 4.69) is 41.3 Å². The summed E-state index contributed by atoms with van der Waals surface area (Å²) >= 11 is 0. The third-order valence-corrected chi connectivity index (χ3v) is 4.34. The minimum Gasteiger partial charge on any atom is -0.368 e. The fourth-order valence-corrected chi connectivity index (χ4v) is 3.01. The zero-order valence-corrected chi connectivity index (χ0v) is 15.9. The first-order chi connectivity index (χ1) is 13.7. The van der Waals surface area contributed by atoms with Crippen LogP contribution >= 0.6 is 0 Å². The maximum atomic E-state index is 9.57. The predicted molar refractivity (Wildman–Crippen MR) is 113 cm³/mol. The normalized spacial score (nSPS) is 11.0. The number of allylic oxidation sites excluding steroid dienone is 2. The van der Waals surface area contributed by atoms with Crippen molar-refractivity contribution in [2.75, 3.05) is 19.0 Å². The van der Waals surface area contributed by atoms with Gasteiger partial charge in [-0.3, -0.25) is 0 Å². The molecule has 0 spiro atoms. The molecule has 0 saturated carbocycles. The maximum absolute atomic E-state index is 9.57. The van der Waals surface area contributed by atoms with Crippen LogP contribution in [0.15, 0.2) is 90.6 Å². The Hall–Kier alpha value is -4.02. The van der Waals surface area contributed by atoms with Crippen LogP contribution in [0, 0.1) is 22.7 Å². The van der Waals surface area contributed by atoms with E-state index < -0.39 is 0 Å². The highest BCUT2D eigenvalue weighted by atomic mass is 15.1. The SMILES string of the molecule is CN(C)/C(C#N)=C(/C#N)c1ccc(N(c2ccccc2)c2ccccc2)cc1. The average Bonchev–Trinajstić information content (AvgIpc) is 2.74. The molecule has 0 N–H and O–H groups in total. The highest BCUT2D eigenvalue weighted by Crippen LogP contribution is 2.34.